The first-order valence-electron chi connectivity index (χ1n) is 7.22. The SMILES string of the molecule is CCC(CC(CC)OC(=O)C(C)C)OC(=O)C(C)C. The van der Waals surface area contributed by atoms with Crippen molar-refractivity contribution < 1.29 is 19.1 Å². The Kier molecular flexibility index (Phi) is 8.44. The van der Waals surface area contributed by atoms with Crippen LogP contribution in [0.25, 0.3) is 0 Å². The maximum absolute atomic E-state index is 11.6. The summed E-state index contributed by atoms with van der Waals surface area (Å²) in [5, 5.41) is 0. The van der Waals surface area contributed by atoms with Crippen LogP contribution in [-0.4, -0.2) is 24.1 Å². The number of hydrogen-bond acceptors (Lipinski definition) is 4. The normalized spacial score (nSPS) is 14.3. The third-order valence-electron chi connectivity index (χ3n) is 2.94. The van der Waals surface area contributed by atoms with E-state index in [1.54, 1.807) is 0 Å². The molecule has 4 nitrogen and oxygen atoms in total. The number of rotatable bonds is 8. The van der Waals surface area contributed by atoms with Crippen LogP contribution in [0.15, 0.2) is 0 Å². The third kappa shape index (κ3) is 7.19. The van der Waals surface area contributed by atoms with Crippen LogP contribution in [0.5, 0.6) is 0 Å². The molecule has 0 aliphatic rings. The lowest BCUT2D eigenvalue weighted by atomic mass is 10.1. The first-order valence-corrected chi connectivity index (χ1v) is 7.22. The fourth-order valence-corrected chi connectivity index (χ4v) is 1.49. The Balaban J connectivity index is 4.40. The average molecular weight is 272 g/mol. The van der Waals surface area contributed by atoms with Crippen molar-refractivity contribution in [1.82, 2.24) is 0 Å². The molecule has 0 aliphatic heterocycles. The molecule has 112 valence electrons. The van der Waals surface area contributed by atoms with E-state index in [4.69, 9.17) is 9.47 Å². The molecule has 0 fully saturated rings. The zero-order chi connectivity index (χ0) is 15.0. The van der Waals surface area contributed by atoms with Gasteiger partial charge in [-0.05, 0) is 12.8 Å². The van der Waals surface area contributed by atoms with Crippen LogP contribution in [0.2, 0.25) is 0 Å². The van der Waals surface area contributed by atoms with Crippen LogP contribution >= 0.6 is 0 Å². The minimum Gasteiger partial charge on any atom is -0.462 e. The van der Waals surface area contributed by atoms with Crippen molar-refractivity contribution in [3.8, 4) is 0 Å². The molecule has 0 aromatic heterocycles. The van der Waals surface area contributed by atoms with Gasteiger partial charge in [-0.1, -0.05) is 41.5 Å². The molecule has 0 aliphatic carbocycles. The van der Waals surface area contributed by atoms with Gasteiger partial charge < -0.3 is 9.47 Å². The smallest absolute Gasteiger partial charge is 0.308 e. The van der Waals surface area contributed by atoms with E-state index < -0.39 is 0 Å². The summed E-state index contributed by atoms with van der Waals surface area (Å²) in [6, 6.07) is 0. The van der Waals surface area contributed by atoms with E-state index >= 15 is 0 Å². The van der Waals surface area contributed by atoms with Gasteiger partial charge in [-0.3, -0.25) is 9.59 Å². The van der Waals surface area contributed by atoms with E-state index in [0.717, 1.165) is 12.8 Å². The van der Waals surface area contributed by atoms with Gasteiger partial charge in [-0.25, -0.2) is 0 Å². The van der Waals surface area contributed by atoms with Crippen LogP contribution in [0.4, 0.5) is 0 Å². The molecule has 0 amide bonds. The highest BCUT2D eigenvalue weighted by Crippen LogP contribution is 2.16. The van der Waals surface area contributed by atoms with Gasteiger partial charge in [0.25, 0.3) is 0 Å². The second-order valence-electron chi connectivity index (χ2n) is 5.48. The molecule has 0 heterocycles. The summed E-state index contributed by atoms with van der Waals surface area (Å²) < 4.78 is 10.8. The summed E-state index contributed by atoms with van der Waals surface area (Å²) in [5.74, 6) is -0.659. The van der Waals surface area contributed by atoms with Gasteiger partial charge in [0, 0.05) is 6.42 Å². The van der Waals surface area contributed by atoms with Crippen molar-refractivity contribution in [3.05, 3.63) is 0 Å². The Bertz CT molecular complexity index is 256. The molecular weight excluding hydrogens is 244 g/mol. The maximum Gasteiger partial charge on any atom is 0.308 e. The molecule has 0 aromatic carbocycles. The zero-order valence-electron chi connectivity index (χ0n) is 13.1. The second kappa shape index (κ2) is 8.94. The third-order valence-corrected chi connectivity index (χ3v) is 2.94. The van der Waals surface area contributed by atoms with Gasteiger partial charge in [-0.15, -0.1) is 0 Å². The average Bonchev–Trinajstić information content (AvgIpc) is 2.35. The fourth-order valence-electron chi connectivity index (χ4n) is 1.49. The van der Waals surface area contributed by atoms with E-state index in [-0.39, 0.29) is 36.0 Å². The molecule has 0 aromatic rings. The van der Waals surface area contributed by atoms with Crippen LogP contribution in [0.3, 0.4) is 0 Å². The van der Waals surface area contributed by atoms with Crippen molar-refractivity contribution in [2.24, 2.45) is 11.8 Å². The van der Waals surface area contributed by atoms with Crippen LogP contribution < -0.4 is 0 Å². The summed E-state index contributed by atoms with van der Waals surface area (Å²) in [4.78, 5) is 23.2. The van der Waals surface area contributed by atoms with Crippen LogP contribution in [0, 0.1) is 11.8 Å². The van der Waals surface area contributed by atoms with E-state index in [9.17, 15) is 9.59 Å². The lowest BCUT2D eigenvalue weighted by Gasteiger charge is -2.23. The standard InChI is InChI=1S/C15H28O4/c1-7-12(18-14(16)10(3)4)9-13(8-2)19-15(17)11(5)6/h10-13H,7-9H2,1-6H3. The maximum atomic E-state index is 11.6. The second-order valence-corrected chi connectivity index (χ2v) is 5.48. The molecule has 2 atom stereocenters. The molecule has 4 heteroatoms. The molecule has 0 bridgehead atoms. The van der Waals surface area contributed by atoms with Crippen molar-refractivity contribution in [1.29, 1.82) is 0 Å². The number of hydrogen-bond donors (Lipinski definition) is 0. The predicted molar refractivity (Wildman–Crippen MR) is 74.6 cm³/mol. The van der Waals surface area contributed by atoms with E-state index in [1.165, 1.54) is 0 Å². The number of carbonyl (C=O) groups excluding carboxylic acids is 2. The quantitative estimate of drug-likeness (QED) is 0.636. The Hall–Kier alpha value is -1.06. The minimum atomic E-state index is -0.197. The Morgan fingerprint density at radius 2 is 1.11 bits per heavy atom. The first-order chi connectivity index (χ1) is 8.81. The Labute approximate surface area is 116 Å². The molecule has 0 saturated heterocycles. The van der Waals surface area contributed by atoms with Crippen molar-refractivity contribution in [3.63, 3.8) is 0 Å². The lowest BCUT2D eigenvalue weighted by molar-refractivity contribution is -0.159. The minimum absolute atomic E-state index is 0.132. The number of esters is 2. The van der Waals surface area contributed by atoms with Crippen LogP contribution in [0.1, 0.15) is 60.8 Å². The van der Waals surface area contributed by atoms with Gasteiger partial charge in [0.05, 0.1) is 11.8 Å². The topological polar surface area (TPSA) is 52.6 Å². The molecular formula is C15H28O4. The Morgan fingerprint density at radius 1 is 0.789 bits per heavy atom. The van der Waals surface area contributed by atoms with Crippen molar-refractivity contribution in [2.45, 2.75) is 73.0 Å². The molecule has 19 heavy (non-hydrogen) atoms. The highest BCUT2D eigenvalue weighted by atomic mass is 16.6. The molecule has 0 N–H and O–H groups in total. The van der Waals surface area contributed by atoms with E-state index in [0.29, 0.717) is 6.42 Å². The summed E-state index contributed by atoms with van der Waals surface area (Å²) in [7, 11) is 0. The predicted octanol–water partition coefficient (Wildman–Crippen LogP) is 3.33. The summed E-state index contributed by atoms with van der Waals surface area (Å²) in [6.07, 6.45) is 1.67. The largest absolute Gasteiger partial charge is 0.462 e. The molecule has 0 saturated carbocycles. The Morgan fingerprint density at radius 3 is 1.32 bits per heavy atom. The van der Waals surface area contributed by atoms with Gasteiger partial charge >= 0.3 is 11.9 Å². The highest BCUT2D eigenvalue weighted by Gasteiger charge is 2.22. The molecule has 0 rings (SSSR count). The first kappa shape index (κ1) is 17.9. The highest BCUT2D eigenvalue weighted by molar-refractivity contribution is 5.72. The van der Waals surface area contributed by atoms with Crippen molar-refractivity contribution in [2.75, 3.05) is 0 Å². The van der Waals surface area contributed by atoms with Gasteiger partial charge in [0.15, 0.2) is 0 Å². The van der Waals surface area contributed by atoms with Crippen molar-refractivity contribution >= 4 is 11.9 Å². The monoisotopic (exact) mass is 272 g/mol. The summed E-state index contributed by atoms with van der Waals surface area (Å²) in [6.45, 7) is 11.2. The fraction of sp³-hybridized carbons (Fsp3) is 0.867. The zero-order valence-corrected chi connectivity index (χ0v) is 13.1. The van der Waals surface area contributed by atoms with E-state index in [1.807, 2.05) is 41.5 Å². The summed E-state index contributed by atoms with van der Waals surface area (Å²) in [5.41, 5.74) is 0. The summed E-state index contributed by atoms with van der Waals surface area (Å²) >= 11 is 0. The molecule has 2 unspecified atom stereocenters. The van der Waals surface area contributed by atoms with Gasteiger partial charge in [0.1, 0.15) is 12.2 Å². The van der Waals surface area contributed by atoms with Gasteiger partial charge in [0.2, 0.25) is 0 Å². The van der Waals surface area contributed by atoms with Gasteiger partial charge in [-0.2, -0.15) is 0 Å². The number of ether oxygens (including phenoxy) is 2. The molecule has 0 radical (unpaired) electrons. The lowest BCUT2D eigenvalue weighted by Crippen LogP contribution is -2.29. The molecule has 0 spiro atoms. The number of carbonyl (C=O) groups is 2. The van der Waals surface area contributed by atoms with E-state index in [2.05, 4.69) is 0 Å². The van der Waals surface area contributed by atoms with Crippen LogP contribution in [-0.2, 0) is 19.1 Å².